The molecule has 0 radical (unpaired) electrons. The van der Waals surface area contributed by atoms with Crippen molar-refractivity contribution in [3.05, 3.63) is 46.8 Å². The van der Waals surface area contributed by atoms with Gasteiger partial charge >= 0.3 is 5.97 Å². The SMILES string of the molecule is CCOc1ccccc1OCC(=O)c1[nH]c(C)c(C(=O)OC)c1C. The lowest BCUT2D eigenvalue weighted by atomic mass is 10.1. The average Bonchev–Trinajstić information content (AvgIpc) is 2.88. The lowest BCUT2D eigenvalue weighted by molar-refractivity contribution is 0.0599. The molecular weight excluding hydrogens is 310 g/mol. The molecule has 2 aromatic rings. The molecule has 0 spiro atoms. The van der Waals surface area contributed by atoms with Gasteiger partial charge in [0.25, 0.3) is 0 Å². The van der Waals surface area contributed by atoms with Gasteiger partial charge in [0.05, 0.1) is 25.0 Å². The summed E-state index contributed by atoms with van der Waals surface area (Å²) in [7, 11) is 1.31. The molecule has 24 heavy (non-hydrogen) atoms. The number of ketones is 1. The molecule has 1 aromatic carbocycles. The first-order valence-electron chi connectivity index (χ1n) is 7.64. The zero-order chi connectivity index (χ0) is 17.7. The van der Waals surface area contributed by atoms with Crippen LogP contribution >= 0.6 is 0 Å². The summed E-state index contributed by atoms with van der Waals surface area (Å²) in [4.78, 5) is 27.2. The number of hydrogen-bond acceptors (Lipinski definition) is 5. The van der Waals surface area contributed by atoms with Crippen molar-refractivity contribution < 1.29 is 23.8 Å². The Labute approximate surface area is 140 Å². The predicted octanol–water partition coefficient (Wildman–Crippen LogP) is 3.08. The van der Waals surface area contributed by atoms with E-state index in [0.717, 1.165) is 0 Å². The quantitative estimate of drug-likeness (QED) is 0.623. The summed E-state index contributed by atoms with van der Waals surface area (Å²) in [6.45, 7) is 5.65. The molecule has 0 aliphatic rings. The minimum atomic E-state index is -0.470. The van der Waals surface area contributed by atoms with Gasteiger partial charge in [-0.3, -0.25) is 4.79 Å². The summed E-state index contributed by atoms with van der Waals surface area (Å²) >= 11 is 0. The third-order valence-electron chi connectivity index (χ3n) is 3.61. The van der Waals surface area contributed by atoms with Gasteiger partial charge in [0.15, 0.2) is 18.1 Å². The first-order valence-corrected chi connectivity index (χ1v) is 7.64. The molecule has 0 fully saturated rings. The number of ether oxygens (including phenoxy) is 3. The van der Waals surface area contributed by atoms with Crippen LogP contribution in [0.25, 0.3) is 0 Å². The maximum Gasteiger partial charge on any atom is 0.339 e. The number of benzene rings is 1. The lowest BCUT2D eigenvalue weighted by Crippen LogP contribution is -2.14. The van der Waals surface area contributed by atoms with Gasteiger partial charge in [0.2, 0.25) is 5.78 Å². The fraction of sp³-hybridized carbons (Fsp3) is 0.333. The molecule has 2 rings (SSSR count). The van der Waals surface area contributed by atoms with E-state index in [9.17, 15) is 9.59 Å². The van der Waals surface area contributed by atoms with Gasteiger partial charge in [-0.25, -0.2) is 4.79 Å². The largest absolute Gasteiger partial charge is 0.490 e. The third kappa shape index (κ3) is 3.59. The summed E-state index contributed by atoms with van der Waals surface area (Å²) in [6.07, 6.45) is 0. The minimum Gasteiger partial charge on any atom is -0.490 e. The van der Waals surface area contributed by atoms with Crippen LogP contribution in [0, 0.1) is 13.8 Å². The number of esters is 1. The third-order valence-corrected chi connectivity index (χ3v) is 3.61. The van der Waals surface area contributed by atoms with Crippen molar-refractivity contribution in [2.75, 3.05) is 20.3 Å². The zero-order valence-corrected chi connectivity index (χ0v) is 14.3. The van der Waals surface area contributed by atoms with Crippen LogP contribution in [0.2, 0.25) is 0 Å². The van der Waals surface area contributed by atoms with Crippen molar-refractivity contribution >= 4 is 11.8 Å². The minimum absolute atomic E-state index is 0.161. The summed E-state index contributed by atoms with van der Waals surface area (Å²) in [6, 6.07) is 7.16. The number of aromatic nitrogens is 1. The highest BCUT2D eigenvalue weighted by atomic mass is 16.5. The van der Waals surface area contributed by atoms with E-state index in [1.165, 1.54) is 7.11 Å². The number of Topliss-reactive ketones (excluding diaryl/α,β-unsaturated/α-hetero) is 1. The number of para-hydroxylation sites is 2. The van der Waals surface area contributed by atoms with E-state index in [2.05, 4.69) is 4.98 Å². The van der Waals surface area contributed by atoms with E-state index in [0.29, 0.717) is 40.6 Å². The van der Waals surface area contributed by atoms with Gasteiger partial charge in [-0.2, -0.15) is 0 Å². The molecular formula is C18H21NO5. The first-order chi connectivity index (χ1) is 11.5. The predicted molar refractivity (Wildman–Crippen MR) is 89.0 cm³/mol. The van der Waals surface area contributed by atoms with Crippen LogP contribution in [0.15, 0.2) is 24.3 Å². The smallest absolute Gasteiger partial charge is 0.339 e. The Balaban J connectivity index is 2.16. The topological polar surface area (TPSA) is 77.6 Å². The fourth-order valence-electron chi connectivity index (χ4n) is 2.50. The number of hydrogen-bond donors (Lipinski definition) is 1. The van der Waals surface area contributed by atoms with Crippen LogP contribution < -0.4 is 9.47 Å². The van der Waals surface area contributed by atoms with Crippen LogP contribution in [0.1, 0.15) is 39.0 Å². The molecule has 0 atom stereocenters. The number of nitrogens with one attached hydrogen (secondary N) is 1. The Morgan fingerprint density at radius 1 is 1.08 bits per heavy atom. The fourth-order valence-corrected chi connectivity index (χ4v) is 2.50. The van der Waals surface area contributed by atoms with E-state index < -0.39 is 5.97 Å². The van der Waals surface area contributed by atoms with E-state index >= 15 is 0 Å². The van der Waals surface area contributed by atoms with Gasteiger partial charge in [0.1, 0.15) is 0 Å². The highest BCUT2D eigenvalue weighted by Crippen LogP contribution is 2.27. The number of H-pyrrole nitrogens is 1. The second-order valence-corrected chi connectivity index (χ2v) is 5.21. The van der Waals surface area contributed by atoms with Crippen LogP contribution in [0.3, 0.4) is 0 Å². The normalized spacial score (nSPS) is 10.3. The molecule has 0 amide bonds. The van der Waals surface area contributed by atoms with Crippen molar-refractivity contribution in [1.29, 1.82) is 0 Å². The number of aryl methyl sites for hydroxylation is 1. The maximum absolute atomic E-state index is 12.4. The average molecular weight is 331 g/mol. The molecule has 6 heteroatoms. The number of carbonyl (C=O) groups excluding carboxylic acids is 2. The van der Waals surface area contributed by atoms with Gasteiger partial charge in [-0.05, 0) is 38.5 Å². The van der Waals surface area contributed by atoms with E-state index in [1.54, 1.807) is 26.0 Å². The highest BCUT2D eigenvalue weighted by Gasteiger charge is 2.22. The molecule has 128 valence electrons. The molecule has 0 saturated heterocycles. The highest BCUT2D eigenvalue weighted by molar-refractivity contribution is 6.02. The number of methoxy groups -OCH3 is 1. The first kappa shape index (κ1) is 17.6. The van der Waals surface area contributed by atoms with Crippen LogP contribution in [-0.4, -0.2) is 37.1 Å². The van der Waals surface area contributed by atoms with Gasteiger partial charge in [-0.1, -0.05) is 12.1 Å². The Kier molecular flexibility index (Phi) is 5.63. The monoisotopic (exact) mass is 331 g/mol. The van der Waals surface area contributed by atoms with Crippen molar-refractivity contribution in [3.8, 4) is 11.5 Å². The van der Waals surface area contributed by atoms with Crippen molar-refractivity contribution in [2.45, 2.75) is 20.8 Å². The molecule has 1 aromatic heterocycles. The Morgan fingerprint density at radius 2 is 1.71 bits per heavy atom. The lowest BCUT2D eigenvalue weighted by Gasteiger charge is -2.11. The number of aromatic amines is 1. The van der Waals surface area contributed by atoms with Crippen molar-refractivity contribution in [1.82, 2.24) is 4.98 Å². The maximum atomic E-state index is 12.4. The number of carbonyl (C=O) groups is 2. The molecule has 6 nitrogen and oxygen atoms in total. The number of rotatable bonds is 7. The second-order valence-electron chi connectivity index (χ2n) is 5.21. The standard InChI is InChI=1S/C18H21NO5/c1-5-23-14-8-6-7-9-15(14)24-10-13(20)17-11(2)16(12(3)19-17)18(21)22-4/h6-9,19H,5,10H2,1-4H3. The van der Waals surface area contributed by atoms with Crippen LogP contribution in [0.5, 0.6) is 11.5 Å². The van der Waals surface area contributed by atoms with Gasteiger partial charge < -0.3 is 19.2 Å². The summed E-state index contributed by atoms with van der Waals surface area (Å²) in [5, 5.41) is 0. The van der Waals surface area contributed by atoms with E-state index in [-0.39, 0.29) is 12.4 Å². The van der Waals surface area contributed by atoms with E-state index in [1.807, 2.05) is 19.1 Å². The molecule has 0 aliphatic carbocycles. The Hall–Kier alpha value is -2.76. The van der Waals surface area contributed by atoms with Crippen molar-refractivity contribution in [3.63, 3.8) is 0 Å². The van der Waals surface area contributed by atoms with Crippen LogP contribution in [0.4, 0.5) is 0 Å². The molecule has 1 N–H and O–H groups in total. The van der Waals surface area contributed by atoms with Gasteiger partial charge in [-0.15, -0.1) is 0 Å². The van der Waals surface area contributed by atoms with Crippen molar-refractivity contribution in [2.24, 2.45) is 0 Å². The zero-order valence-electron chi connectivity index (χ0n) is 14.3. The summed E-state index contributed by atoms with van der Waals surface area (Å²) in [5.41, 5.74) is 1.89. The molecule has 1 heterocycles. The molecule has 0 saturated carbocycles. The summed E-state index contributed by atoms with van der Waals surface area (Å²) < 4.78 is 15.8. The van der Waals surface area contributed by atoms with Crippen LogP contribution in [-0.2, 0) is 4.74 Å². The van der Waals surface area contributed by atoms with Gasteiger partial charge in [0, 0.05) is 5.69 Å². The summed E-state index contributed by atoms with van der Waals surface area (Å²) in [5.74, 6) is 0.365. The molecule has 0 unspecified atom stereocenters. The van der Waals surface area contributed by atoms with E-state index in [4.69, 9.17) is 14.2 Å². The Morgan fingerprint density at radius 3 is 2.29 bits per heavy atom. The Bertz CT molecular complexity index is 748. The molecule has 0 aliphatic heterocycles. The second kappa shape index (κ2) is 7.68. The molecule has 0 bridgehead atoms.